The van der Waals surface area contributed by atoms with Gasteiger partial charge in [0.15, 0.2) is 0 Å². The van der Waals surface area contributed by atoms with Crippen molar-refractivity contribution in [2.24, 2.45) is 0 Å². The molecule has 2 nitrogen and oxygen atoms in total. The van der Waals surface area contributed by atoms with Crippen LogP contribution in [-0.2, 0) is 0 Å². The molecule has 0 radical (unpaired) electrons. The molecule has 0 fully saturated rings. The Bertz CT molecular complexity index is 538. The molecular formula is C15H14F2O2. The van der Waals surface area contributed by atoms with E-state index < -0.39 is 12.7 Å². The van der Waals surface area contributed by atoms with Crippen LogP contribution < -0.4 is 4.74 Å². The number of alkyl halides is 2. The van der Waals surface area contributed by atoms with Crippen LogP contribution in [0.15, 0.2) is 48.5 Å². The maximum absolute atomic E-state index is 12.3. The van der Waals surface area contributed by atoms with Crippen molar-refractivity contribution >= 4 is 0 Å². The van der Waals surface area contributed by atoms with Gasteiger partial charge in [-0.3, -0.25) is 0 Å². The molecule has 100 valence electrons. The summed E-state index contributed by atoms with van der Waals surface area (Å²) in [5, 5.41) is 10.3. The van der Waals surface area contributed by atoms with E-state index in [9.17, 15) is 13.9 Å². The van der Waals surface area contributed by atoms with Gasteiger partial charge in [0.25, 0.3) is 0 Å². The Morgan fingerprint density at radius 1 is 1.00 bits per heavy atom. The summed E-state index contributed by atoms with van der Waals surface area (Å²) in [7, 11) is 0. The predicted molar refractivity (Wildman–Crippen MR) is 68.3 cm³/mol. The molecule has 1 atom stereocenters. The fourth-order valence-corrected chi connectivity index (χ4v) is 1.84. The SMILES string of the molecule is Cc1ccc(C(O)c2ccccc2OC(F)F)cc1. The molecule has 0 bridgehead atoms. The molecular weight excluding hydrogens is 250 g/mol. The lowest BCUT2D eigenvalue weighted by atomic mass is 10.00. The lowest BCUT2D eigenvalue weighted by molar-refractivity contribution is -0.0512. The zero-order valence-corrected chi connectivity index (χ0v) is 10.4. The number of ether oxygens (including phenoxy) is 1. The first-order chi connectivity index (χ1) is 9.08. The molecule has 1 unspecified atom stereocenters. The molecule has 1 N–H and O–H groups in total. The minimum Gasteiger partial charge on any atom is -0.434 e. The van der Waals surface area contributed by atoms with Crippen LogP contribution in [0.3, 0.4) is 0 Å². The van der Waals surface area contributed by atoms with E-state index in [1.54, 1.807) is 30.3 Å². The minimum absolute atomic E-state index is 0.00873. The summed E-state index contributed by atoms with van der Waals surface area (Å²) in [5.41, 5.74) is 2.02. The number of benzene rings is 2. The van der Waals surface area contributed by atoms with Crippen molar-refractivity contribution < 1.29 is 18.6 Å². The van der Waals surface area contributed by atoms with E-state index in [0.29, 0.717) is 11.1 Å². The third kappa shape index (κ3) is 3.29. The van der Waals surface area contributed by atoms with E-state index in [2.05, 4.69) is 4.74 Å². The van der Waals surface area contributed by atoms with E-state index >= 15 is 0 Å². The predicted octanol–water partition coefficient (Wildman–Crippen LogP) is 3.68. The van der Waals surface area contributed by atoms with Crippen LogP contribution in [-0.4, -0.2) is 11.7 Å². The largest absolute Gasteiger partial charge is 0.434 e. The van der Waals surface area contributed by atoms with Crippen LogP contribution in [0.2, 0.25) is 0 Å². The highest BCUT2D eigenvalue weighted by atomic mass is 19.3. The Hall–Kier alpha value is -1.94. The van der Waals surface area contributed by atoms with Gasteiger partial charge in [-0.25, -0.2) is 0 Å². The molecule has 0 amide bonds. The highest BCUT2D eigenvalue weighted by Crippen LogP contribution is 2.30. The van der Waals surface area contributed by atoms with Crippen molar-refractivity contribution in [3.63, 3.8) is 0 Å². The van der Waals surface area contributed by atoms with Crippen LogP contribution >= 0.6 is 0 Å². The highest BCUT2D eigenvalue weighted by molar-refractivity contribution is 5.40. The number of aryl methyl sites for hydroxylation is 1. The van der Waals surface area contributed by atoms with Crippen LogP contribution in [0, 0.1) is 6.92 Å². The number of para-hydroxylation sites is 1. The Morgan fingerprint density at radius 3 is 2.26 bits per heavy atom. The van der Waals surface area contributed by atoms with Gasteiger partial charge in [0.1, 0.15) is 11.9 Å². The van der Waals surface area contributed by atoms with Gasteiger partial charge >= 0.3 is 6.61 Å². The van der Waals surface area contributed by atoms with Crippen molar-refractivity contribution in [3.05, 3.63) is 65.2 Å². The second-order valence-corrected chi connectivity index (χ2v) is 4.23. The molecule has 0 aromatic heterocycles. The summed E-state index contributed by atoms with van der Waals surface area (Å²) < 4.78 is 29.0. The molecule has 2 aromatic carbocycles. The van der Waals surface area contributed by atoms with E-state index in [4.69, 9.17) is 0 Å². The minimum atomic E-state index is -2.91. The van der Waals surface area contributed by atoms with Crippen LogP contribution in [0.1, 0.15) is 22.8 Å². The molecule has 2 rings (SSSR count). The van der Waals surface area contributed by atoms with Crippen LogP contribution in [0.4, 0.5) is 8.78 Å². The Kier molecular flexibility index (Phi) is 4.12. The number of hydrogen-bond donors (Lipinski definition) is 1. The normalized spacial score (nSPS) is 12.5. The molecule has 0 aliphatic rings. The Balaban J connectivity index is 2.32. The average molecular weight is 264 g/mol. The summed E-state index contributed by atoms with van der Waals surface area (Å²) in [5.74, 6) is -0.00873. The topological polar surface area (TPSA) is 29.5 Å². The number of rotatable bonds is 4. The number of aliphatic hydroxyl groups excluding tert-OH is 1. The standard InChI is InChI=1S/C15H14F2O2/c1-10-6-8-11(9-7-10)14(18)12-4-2-3-5-13(12)19-15(16)17/h2-9,14-15,18H,1H3. The summed E-state index contributed by atoms with van der Waals surface area (Å²) in [6, 6.07) is 13.5. The van der Waals surface area contributed by atoms with Crippen LogP contribution in [0.25, 0.3) is 0 Å². The maximum atomic E-state index is 12.3. The molecule has 0 heterocycles. The molecule has 0 spiro atoms. The first kappa shape index (κ1) is 13.5. The van der Waals surface area contributed by atoms with Gasteiger partial charge in [0, 0.05) is 5.56 Å². The fraction of sp³-hybridized carbons (Fsp3) is 0.200. The molecule has 0 aliphatic heterocycles. The maximum Gasteiger partial charge on any atom is 0.387 e. The second kappa shape index (κ2) is 5.80. The van der Waals surface area contributed by atoms with Gasteiger partial charge in [0.05, 0.1) is 0 Å². The van der Waals surface area contributed by atoms with Gasteiger partial charge < -0.3 is 9.84 Å². The summed E-state index contributed by atoms with van der Waals surface area (Å²) >= 11 is 0. The zero-order valence-electron chi connectivity index (χ0n) is 10.4. The van der Waals surface area contributed by atoms with Crippen molar-refractivity contribution in [1.29, 1.82) is 0 Å². The van der Waals surface area contributed by atoms with Crippen molar-refractivity contribution in [2.75, 3.05) is 0 Å². The van der Waals surface area contributed by atoms with Gasteiger partial charge in [0.2, 0.25) is 0 Å². The number of halogens is 2. The van der Waals surface area contributed by atoms with E-state index in [0.717, 1.165) is 5.56 Å². The molecule has 0 saturated carbocycles. The first-order valence-electron chi connectivity index (χ1n) is 5.86. The third-order valence-electron chi connectivity index (χ3n) is 2.82. The van der Waals surface area contributed by atoms with E-state index in [1.165, 1.54) is 6.07 Å². The zero-order chi connectivity index (χ0) is 13.8. The molecule has 4 heteroatoms. The molecule has 2 aromatic rings. The lowest BCUT2D eigenvalue weighted by Gasteiger charge is -2.16. The Morgan fingerprint density at radius 2 is 1.63 bits per heavy atom. The number of hydrogen-bond acceptors (Lipinski definition) is 2. The fourth-order valence-electron chi connectivity index (χ4n) is 1.84. The van der Waals surface area contributed by atoms with Gasteiger partial charge in [-0.05, 0) is 18.6 Å². The van der Waals surface area contributed by atoms with E-state index in [1.807, 2.05) is 19.1 Å². The monoisotopic (exact) mass is 264 g/mol. The molecule has 0 aliphatic carbocycles. The number of aliphatic hydroxyl groups is 1. The smallest absolute Gasteiger partial charge is 0.387 e. The van der Waals surface area contributed by atoms with Crippen LogP contribution in [0.5, 0.6) is 5.75 Å². The Labute approximate surface area is 110 Å². The third-order valence-corrected chi connectivity index (χ3v) is 2.82. The van der Waals surface area contributed by atoms with Gasteiger partial charge in [-0.15, -0.1) is 0 Å². The van der Waals surface area contributed by atoms with Crippen molar-refractivity contribution in [3.8, 4) is 5.75 Å². The summed E-state index contributed by atoms with van der Waals surface area (Å²) in [4.78, 5) is 0. The summed E-state index contributed by atoms with van der Waals surface area (Å²) in [6.07, 6.45) is -0.990. The second-order valence-electron chi connectivity index (χ2n) is 4.23. The molecule has 19 heavy (non-hydrogen) atoms. The first-order valence-corrected chi connectivity index (χ1v) is 5.86. The van der Waals surface area contributed by atoms with E-state index in [-0.39, 0.29) is 5.75 Å². The lowest BCUT2D eigenvalue weighted by Crippen LogP contribution is -2.07. The summed E-state index contributed by atoms with van der Waals surface area (Å²) in [6.45, 7) is -0.976. The van der Waals surface area contributed by atoms with Gasteiger partial charge in [-0.1, -0.05) is 48.0 Å². The highest BCUT2D eigenvalue weighted by Gasteiger charge is 2.17. The van der Waals surface area contributed by atoms with Crippen molar-refractivity contribution in [2.45, 2.75) is 19.6 Å². The average Bonchev–Trinajstić information content (AvgIpc) is 2.39. The van der Waals surface area contributed by atoms with Gasteiger partial charge in [-0.2, -0.15) is 8.78 Å². The molecule has 0 saturated heterocycles. The quantitative estimate of drug-likeness (QED) is 0.912. The van der Waals surface area contributed by atoms with Crippen molar-refractivity contribution in [1.82, 2.24) is 0 Å².